The maximum atomic E-state index is 11.9. The van der Waals surface area contributed by atoms with E-state index in [9.17, 15) is 4.79 Å². The standard InChI is InChI=1S/C14H20ClNO/c1-8(2)16-14(17)13(15)12-10(4)6-9(3)7-11(12)5/h6-8,13H,1-5H3,(H,16,17). The van der Waals surface area contributed by atoms with Crippen LogP contribution in [0.5, 0.6) is 0 Å². The number of nitrogens with one attached hydrogen (secondary N) is 1. The van der Waals surface area contributed by atoms with Crippen molar-refractivity contribution in [2.75, 3.05) is 0 Å². The van der Waals surface area contributed by atoms with Gasteiger partial charge in [0.25, 0.3) is 0 Å². The van der Waals surface area contributed by atoms with Crippen molar-refractivity contribution in [1.29, 1.82) is 0 Å². The fourth-order valence-corrected chi connectivity index (χ4v) is 2.49. The molecule has 0 saturated heterocycles. The minimum absolute atomic E-state index is 0.106. The number of rotatable bonds is 3. The SMILES string of the molecule is Cc1cc(C)c(C(Cl)C(=O)NC(C)C)c(C)c1. The fourth-order valence-electron chi connectivity index (χ4n) is 2.08. The fraction of sp³-hybridized carbons (Fsp3) is 0.500. The van der Waals surface area contributed by atoms with Gasteiger partial charge in [0.1, 0.15) is 5.38 Å². The zero-order valence-corrected chi connectivity index (χ0v) is 11.9. The van der Waals surface area contributed by atoms with Gasteiger partial charge in [-0.2, -0.15) is 0 Å². The Labute approximate surface area is 108 Å². The highest BCUT2D eigenvalue weighted by Gasteiger charge is 2.21. The number of amides is 1. The molecule has 2 nitrogen and oxygen atoms in total. The molecule has 1 unspecified atom stereocenters. The first-order valence-electron chi connectivity index (χ1n) is 5.85. The molecule has 1 N–H and O–H groups in total. The minimum atomic E-state index is -0.613. The average molecular weight is 254 g/mol. The molecule has 17 heavy (non-hydrogen) atoms. The Balaban J connectivity index is 3.04. The highest BCUT2D eigenvalue weighted by molar-refractivity contribution is 6.31. The van der Waals surface area contributed by atoms with E-state index in [1.54, 1.807) is 0 Å². The van der Waals surface area contributed by atoms with Crippen molar-refractivity contribution in [1.82, 2.24) is 5.32 Å². The summed E-state index contributed by atoms with van der Waals surface area (Å²) in [6, 6.07) is 4.22. The van der Waals surface area contributed by atoms with E-state index in [2.05, 4.69) is 17.4 Å². The summed E-state index contributed by atoms with van der Waals surface area (Å²) in [7, 11) is 0. The number of carbonyl (C=O) groups is 1. The van der Waals surface area contributed by atoms with Gasteiger partial charge in [-0.1, -0.05) is 17.7 Å². The summed E-state index contributed by atoms with van der Waals surface area (Å²) in [5, 5.41) is 2.23. The smallest absolute Gasteiger partial charge is 0.242 e. The summed E-state index contributed by atoms with van der Waals surface area (Å²) < 4.78 is 0. The molecule has 0 aromatic heterocycles. The zero-order chi connectivity index (χ0) is 13.2. The summed E-state index contributed by atoms with van der Waals surface area (Å²) in [6.45, 7) is 9.88. The number of aryl methyl sites for hydroxylation is 3. The number of carbonyl (C=O) groups excluding carboxylic acids is 1. The van der Waals surface area contributed by atoms with Gasteiger partial charge in [-0.25, -0.2) is 0 Å². The number of halogens is 1. The normalized spacial score (nSPS) is 12.6. The van der Waals surface area contributed by atoms with E-state index < -0.39 is 5.38 Å². The van der Waals surface area contributed by atoms with Crippen LogP contribution in [0.15, 0.2) is 12.1 Å². The molecule has 1 aromatic carbocycles. The summed E-state index contributed by atoms with van der Waals surface area (Å²) in [6.07, 6.45) is 0. The molecule has 1 rings (SSSR count). The topological polar surface area (TPSA) is 29.1 Å². The molecule has 0 aliphatic heterocycles. The minimum Gasteiger partial charge on any atom is -0.352 e. The van der Waals surface area contributed by atoms with Gasteiger partial charge in [0.15, 0.2) is 0 Å². The van der Waals surface area contributed by atoms with Crippen LogP contribution in [0, 0.1) is 20.8 Å². The van der Waals surface area contributed by atoms with Crippen molar-refractivity contribution in [2.24, 2.45) is 0 Å². The monoisotopic (exact) mass is 253 g/mol. The molecule has 94 valence electrons. The Morgan fingerprint density at radius 1 is 1.18 bits per heavy atom. The van der Waals surface area contributed by atoms with Crippen molar-refractivity contribution in [2.45, 2.75) is 46.0 Å². The second-order valence-electron chi connectivity index (χ2n) is 4.84. The van der Waals surface area contributed by atoms with Gasteiger partial charge in [0, 0.05) is 6.04 Å². The Bertz CT molecular complexity index is 403. The Morgan fingerprint density at radius 2 is 1.65 bits per heavy atom. The molecule has 0 bridgehead atoms. The van der Waals surface area contributed by atoms with E-state index >= 15 is 0 Å². The van der Waals surface area contributed by atoms with Gasteiger partial charge in [-0.15, -0.1) is 11.6 Å². The van der Waals surface area contributed by atoms with Gasteiger partial charge < -0.3 is 5.32 Å². The van der Waals surface area contributed by atoms with Gasteiger partial charge in [0.2, 0.25) is 5.91 Å². The van der Waals surface area contributed by atoms with E-state index in [0.29, 0.717) is 0 Å². The highest BCUT2D eigenvalue weighted by atomic mass is 35.5. The molecule has 3 heteroatoms. The highest BCUT2D eigenvalue weighted by Crippen LogP contribution is 2.28. The maximum absolute atomic E-state index is 11.9. The van der Waals surface area contributed by atoms with Crippen molar-refractivity contribution in [3.05, 3.63) is 34.4 Å². The molecular weight excluding hydrogens is 234 g/mol. The molecule has 0 aliphatic rings. The van der Waals surface area contributed by atoms with Crippen LogP contribution in [0.4, 0.5) is 0 Å². The first kappa shape index (κ1) is 14.0. The first-order chi connectivity index (χ1) is 7.82. The molecule has 0 spiro atoms. The third-order valence-corrected chi connectivity index (χ3v) is 3.07. The van der Waals surface area contributed by atoms with E-state index in [4.69, 9.17) is 11.6 Å². The Hall–Kier alpha value is -1.02. The van der Waals surface area contributed by atoms with Gasteiger partial charge in [-0.05, 0) is 51.3 Å². The number of alkyl halides is 1. The molecule has 0 heterocycles. The molecule has 0 aliphatic carbocycles. The summed E-state index contributed by atoms with van der Waals surface area (Å²) in [5.74, 6) is -0.128. The van der Waals surface area contributed by atoms with Crippen LogP contribution in [-0.2, 0) is 4.79 Å². The first-order valence-corrected chi connectivity index (χ1v) is 6.28. The lowest BCUT2D eigenvalue weighted by molar-refractivity contribution is -0.121. The van der Waals surface area contributed by atoms with Crippen molar-refractivity contribution < 1.29 is 4.79 Å². The van der Waals surface area contributed by atoms with Crippen LogP contribution in [0.25, 0.3) is 0 Å². The quantitative estimate of drug-likeness (QED) is 0.822. The third kappa shape index (κ3) is 3.47. The second kappa shape index (κ2) is 5.54. The van der Waals surface area contributed by atoms with Crippen molar-refractivity contribution in [3.63, 3.8) is 0 Å². The lowest BCUT2D eigenvalue weighted by Gasteiger charge is -2.18. The number of hydrogen-bond acceptors (Lipinski definition) is 1. The van der Waals surface area contributed by atoms with Crippen LogP contribution < -0.4 is 5.32 Å². The Morgan fingerprint density at radius 3 is 2.06 bits per heavy atom. The third-order valence-electron chi connectivity index (χ3n) is 2.65. The lowest BCUT2D eigenvalue weighted by atomic mass is 9.96. The summed E-state index contributed by atoms with van der Waals surface area (Å²) in [4.78, 5) is 11.9. The van der Waals surface area contributed by atoms with Crippen LogP contribution >= 0.6 is 11.6 Å². The Kier molecular flexibility index (Phi) is 4.58. The largest absolute Gasteiger partial charge is 0.352 e. The molecule has 1 aromatic rings. The van der Waals surface area contributed by atoms with Crippen LogP contribution in [0.2, 0.25) is 0 Å². The van der Waals surface area contributed by atoms with Gasteiger partial charge in [-0.3, -0.25) is 4.79 Å². The van der Waals surface area contributed by atoms with Crippen LogP contribution in [0.3, 0.4) is 0 Å². The number of hydrogen-bond donors (Lipinski definition) is 1. The molecular formula is C14H20ClNO. The van der Waals surface area contributed by atoms with Crippen molar-refractivity contribution >= 4 is 17.5 Å². The van der Waals surface area contributed by atoms with Crippen LogP contribution in [-0.4, -0.2) is 11.9 Å². The predicted octanol–water partition coefficient (Wildman–Crippen LogP) is 3.42. The average Bonchev–Trinajstić information content (AvgIpc) is 2.14. The molecule has 1 amide bonds. The van der Waals surface area contributed by atoms with Gasteiger partial charge in [0.05, 0.1) is 0 Å². The molecule has 0 radical (unpaired) electrons. The second-order valence-corrected chi connectivity index (χ2v) is 5.27. The maximum Gasteiger partial charge on any atom is 0.242 e. The number of benzene rings is 1. The zero-order valence-electron chi connectivity index (χ0n) is 11.1. The van der Waals surface area contributed by atoms with Crippen molar-refractivity contribution in [3.8, 4) is 0 Å². The van der Waals surface area contributed by atoms with Crippen LogP contribution in [0.1, 0.15) is 41.5 Å². The summed E-state index contributed by atoms with van der Waals surface area (Å²) in [5.41, 5.74) is 4.26. The van der Waals surface area contributed by atoms with E-state index in [1.165, 1.54) is 5.56 Å². The summed E-state index contributed by atoms with van der Waals surface area (Å²) >= 11 is 6.25. The molecule has 1 atom stereocenters. The lowest BCUT2D eigenvalue weighted by Crippen LogP contribution is -2.33. The predicted molar refractivity (Wildman–Crippen MR) is 72.5 cm³/mol. The van der Waals surface area contributed by atoms with Gasteiger partial charge >= 0.3 is 0 Å². The van der Waals surface area contributed by atoms with E-state index in [1.807, 2.05) is 34.6 Å². The van der Waals surface area contributed by atoms with E-state index in [-0.39, 0.29) is 11.9 Å². The molecule has 0 fully saturated rings. The van der Waals surface area contributed by atoms with E-state index in [0.717, 1.165) is 16.7 Å². The molecule has 0 saturated carbocycles.